The second-order valence-electron chi connectivity index (χ2n) is 4.87. The molecule has 1 aliphatic rings. The Labute approximate surface area is 125 Å². The molecule has 1 N–H and O–H groups in total. The van der Waals surface area contributed by atoms with Crippen molar-refractivity contribution in [3.8, 4) is 0 Å². The van der Waals surface area contributed by atoms with Crippen molar-refractivity contribution in [3.05, 3.63) is 52.5 Å². The molecule has 3 rings (SSSR count). The molecule has 1 atom stereocenters. The third-order valence-corrected chi connectivity index (χ3v) is 3.98. The smallest absolute Gasteiger partial charge is 0.229 e. The first kappa shape index (κ1) is 14.1. The van der Waals surface area contributed by atoms with Gasteiger partial charge in [-0.15, -0.1) is 12.6 Å². The molecule has 0 amide bonds. The molecule has 1 unspecified atom stereocenters. The van der Waals surface area contributed by atoms with E-state index in [0.717, 1.165) is 0 Å². The van der Waals surface area contributed by atoms with Crippen LogP contribution in [-0.4, -0.2) is 23.8 Å². The van der Waals surface area contributed by atoms with E-state index in [2.05, 4.69) is 12.6 Å². The number of thiol groups is 1. The normalized spacial score (nSPS) is 16.4. The first-order valence-corrected chi connectivity index (χ1v) is 6.65. The number of hydrogen-bond donors (Lipinski definition) is 2. The summed E-state index contributed by atoms with van der Waals surface area (Å²) < 4.78 is 10.3. The Hall–Kier alpha value is -1.89. The number of rotatable bonds is 2. The lowest BCUT2D eigenvalue weighted by Gasteiger charge is -2.18. The van der Waals surface area contributed by atoms with Crippen LogP contribution in [0, 0.1) is 0 Å². The molecule has 1 aromatic heterocycles. The van der Waals surface area contributed by atoms with Crippen molar-refractivity contribution in [1.82, 2.24) is 0 Å². The van der Waals surface area contributed by atoms with Gasteiger partial charge < -0.3 is 14.3 Å². The van der Waals surface area contributed by atoms with Crippen LogP contribution >= 0.6 is 12.6 Å². The molecule has 0 radical (unpaired) electrons. The average molecular weight is 304 g/mol. The van der Waals surface area contributed by atoms with E-state index in [1.54, 1.807) is 24.3 Å². The van der Waals surface area contributed by atoms with Crippen LogP contribution in [-0.2, 0) is 10.5 Å². The average Bonchev–Trinajstić information content (AvgIpc) is 2.83. The van der Waals surface area contributed by atoms with Gasteiger partial charge in [-0.2, -0.15) is 0 Å². The van der Waals surface area contributed by atoms with Crippen LogP contribution in [0.1, 0.15) is 44.7 Å². The van der Waals surface area contributed by atoms with Gasteiger partial charge in [-0.3, -0.25) is 9.59 Å². The van der Waals surface area contributed by atoms with Crippen LogP contribution in [0.5, 0.6) is 0 Å². The van der Waals surface area contributed by atoms with E-state index >= 15 is 0 Å². The summed E-state index contributed by atoms with van der Waals surface area (Å²) in [4.78, 5) is 25.1. The van der Waals surface area contributed by atoms with Crippen LogP contribution in [0.4, 0.5) is 0 Å². The zero-order valence-electron chi connectivity index (χ0n) is 11.3. The van der Waals surface area contributed by atoms with Crippen molar-refractivity contribution in [3.63, 3.8) is 0 Å². The number of carbonyl (C=O) groups excluding carboxylic acids is 2. The fraction of sp³-hybridized carbons (Fsp3) is 0.200. The molecular weight excluding hydrogens is 292 g/mol. The third-order valence-electron chi connectivity index (χ3n) is 3.55. The lowest BCUT2D eigenvalue weighted by molar-refractivity contribution is -0.193. The summed E-state index contributed by atoms with van der Waals surface area (Å²) in [5.41, 5.74) is 0.643. The second kappa shape index (κ2) is 4.56. The Balaban J connectivity index is 2.28. The van der Waals surface area contributed by atoms with Crippen molar-refractivity contribution in [2.24, 2.45) is 0 Å². The summed E-state index contributed by atoms with van der Waals surface area (Å²) >= 11 is 4.23. The first-order chi connectivity index (χ1) is 9.88. The number of ether oxygens (including phenoxy) is 1. The van der Waals surface area contributed by atoms with Crippen LogP contribution in [0.3, 0.4) is 0 Å². The second-order valence-corrected chi connectivity index (χ2v) is 5.32. The molecule has 21 heavy (non-hydrogen) atoms. The summed E-state index contributed by atoms with van der Waals surface area (Å²) in [7, 11) is 1.28. The summed E-state index contributed by atoms with van der Waals surface area (Å²) in [6.45, 7) is 1.35. The highest BCUT2D eigenvalue weighted by atomic mass is 32.1. The predicted molar refractivity (Wildman–Crippen MR) is 75.8 cm³/mol. The zero-order chi connectivity index (χ0) is 15.4. The van der Waals surface area contributed by atoms with Crippen LogP contribution < -0.4 is 0 Å². The van der Waals surface area contributed by atoms with Gasteiger partial charge >= 0.3 is 0 Å². The Morgan fingerprint density at radius 3 is 2.33 bits per heavy atom. The van der Waals surface area contributed by atoms with Gasteiger partial charge in [0, 0.05) is 18.2 Å². The number of aliphatic hydroxyl groups is 1. The molecule has 2 aromatic rings. The number of ketones is 2. The lowest BCUT2D eigenvalue weighted by atomic mass is 9.88. The highest BCUT2D eigenvalue weighted by molar-refractivity contribution is 7.80. The van der Waals surface area contributed by atoms with Gasteiger partial charge in [0.05, 0.1) is 10.5 Å². The maximum atomic E-state index is 12.5. The van der Waals surface area contributed by atoms with Gasteiger partial charge in [0.1, 0.15) is 0 Å². The Morgan fingerprint density at radius 2 is 1.76 bits per heavy atom. The van der Waals surface area contributed by atoms with E-state index in [1.165, 1.54) is 14.0 Å². The number of furan rings is 1. The van der Waals surface area contributed by atoms with Gasteiger partial charge in [0.15, 0.2) is 17.3 Å². The van der Waals surface area contributed by atoms with Crippen molar-refractivity contribution in [2.45, 2.75) is 17.6 Å². The van der Waals surface area contributed by atoms with Gasteiger partial charge in [0.25, 0.3) is 0 Å². The quantitative estimate of drug-likeness (QED) is 0.560. The van der Waals surface area contributed by atoms with E-state index in [4.69, 9.17) is 9.15 Å². The van der Waals surface area contributed by atoms with Gasteiger partial charge in [-0.25, -0.2) is 0 Å². The van der Waals surface area contributed by atoms with Crippen LogP contribution in [0.15, 0.2) is 33.6 Å². The van der Waals surface area contributed by atoms with Crippen LogP contribution in [0.25, 0.3) is 0 Å². The molecular formula is C15H12O5S. The predicted octanol–water partition coefficient (Wildman–Crippen LogP) is 2.16. The Morgan fingerprint density at radius 1 is 1.19 bits per heavy atom. The molecule has 1 aromatic carbocycles. The summed E-state index contributed by atoms with van der Waals surface area (Å²) in [6, 6.07) is 6.49. The van der Waals surface area contributed by atoms with Gasteiger partial charge in [0.2, 0.25) is 11.6 Å². The van der Waals surface area contributed by atoms with Crippen molar-refractivity contribution in [2.75, 3.05) is 7.11 Å². The van der Waals surface area contributed by atoms with E-state index < -0.39 is 11.6 Å². The number of carbonyl (C=O) groups is 2. The lowest BCUT2D eigenvalue weighted by Crippen LogP contribution is -2.23. The molecule has 0 spiro atoms. The summed E-state index contributed by atoms with van der Waals surface area (Å²) in [6.07, 6.45) is 0. The number of fused-ring (bicyclic) bond motifs is 2. The number of benzene rings is 1. The third kappa shape index (κ3) is 1.87. The molecule has 0 fully saturated rings. The molecule has 0 aliphatic heterocycles. The van der Waals surface area contributed by atoms with E-state index in [1.807, 2.05) is 0 Å². The summed E-state index contributed by atoms with van der Waals surface area (Å²) in [5.74, 6) is -2.72. The molecule has 0 saturated carbocycles. The molecule has 1 heterocycles. The minimum absolute atomic E-state index is 0.0622. The molecule has 6 heteroatoms. The largest absolute Gasteiger partial charge is 0.450 e. The molecule has 5 nitrogen and oxygen atoms in total. The SMILES string of the molecule is COC(C)(O)c1oc2c(c1S)C(=O)c1ccccc1C2=O. The maximum Gasteiger partial charge on any atom is 0.229 e. The molecule has 1 aliphatic carbocycles. The number of methoxy groups -OCH3 is 1. The summed E-state index contributed by atoms with van der Waals surface area (Å²) in [5, 5.41) is 10.1. The molecule has 0 bridgehead atoms. The van der Waals surface area contributed by atoms with Gasteiger partial charge in [-0.1, -0.05) is 24.3 Å². The monoisotopic (exact) mass is 304 g/mol. The van der Waals surface area contributed by atoms with E-state index in [0.29, 0.717) is 5.56 Å². The highest BCUT2D eigenvalue weighted by Gasteiger charge is 2.40. The van der Waals surface area contributed by atoms with Gasteiger partial charge in [-0.05, 0) is 6.92 Å². The minimum Gasteiger partial charge on any atom is -0.450 e. The topological polar surface area (TPSA) is 76.7 Å². The van der Waals surface area contributed by atoms with Crippen molar-refractivity contribution >= 4 is 24.2 Å². The van der Waals surface area contributed by atoms with Crippen molar-refractivity contribution in [1.29, 1.82) is 0 Å². The van der Waals surface area contributed by atoms with Crippen LogP contribution in [0.2, 0.25) is 0 Å². The zero-order valence-corrected chi connectivity index (χ0v) is 12.2. The Bertz CT molecular complexity index is 772. The fourth-order valence-electron chi connectivity index (χ4n) is 2.34. The standard InChI is InChI=1S/C15H12O5S/c1-15(18,19-2)14-13(21)9-10(16)7-5-3-4-6-8(7)11(17)12(9)20-14/h3-6,18,21H,1-2H3. The van der Waals surface area contributed by atoms with E-state index in [9.17, 15) is 14.7 Å². The number of hydrogen-bond acceptors (Lipinski definition) is 6. The maximum absolute atomic E-state index is 12.5. The first-order valence-electron chi connectivity index (χ1n) is 6.20. The minimum atomic E-state index is -1.78. The van der Waals surface area contributed by atoms with E-state index in [-0.39, 0.29) is 33.3 Å². The molecule has 108 valence electrons. The highest BCUT2D eigenvalue weighted by Crippen LogP contribution is 2.39. The Kier molecular flexibility index (Phi) is 3.05. The van der Waals surface area contributed by atoms with Crippen molar-refractivity contribution < 1.29 is 23.8 Å². The molecule has 0 saturated heterocycles. The fourth-order valence-corrected chi connectivity index (χ4v) is 2.79.